The van der Waals surface area contributed by atoms with Gasteiger partial charge in [0.05, 0.1) is 22.2 Å². The first kappa shape index (κ1) is 29.1. The summed E-state index contributed by atoms with van der Waals surface area (Å²) in [6.07, 6.45) is 0. The van der Waals surface area contributed by atoms with Gasteiger partial charge in [-0.25, -0.2) is 9.97 Å². The van der Waals surface area contributed by atoms with E-state index in [4.69, 9.17) is 9.97 Å². The Kier molecular flexibility index (Phi) is 6.42. The van der Waals surface area contributed by atoms with Crippen LogP contribution in [-0.2, 0) is 0 Å². The van der Waals surface area contributed by atoms with Crippen molar-refractivity contribution in [2.45, 2.75) is 0 Å². The lowest BCUT2D eigenvalue weighted by atomic mass is 9.96. The zero-order valence-electron chi connectivity index (χ0n) is 28.0. The molecular formula is C48H29N3S. The van der Waals surface area contributed by atoms with Crippen LogP contribution in [0.25, 0.3) is 103 Å². The van der Waals surface area contributed by atoms with E-state index in [1.165, 1.54) is 64.0 Å². The lowest BCUT2D eigenvalue weighted by Gasteiger charge is -2.12. The highest BCUT2D eigenvalue weighted by Gasteiger charge is 2.19. The van der Waals surface area contributed by atoms with Gasteiger partial charge in [0.2, 0.25) is 5.95 Å². The lowest BCUT2D eigenvalue weighted by molar-refractivity contribution is 1.01. The van der Waals surface area contributed by atoms with Crippen molar-refractivity contribution < 1.29 is 0 Å². The summed E-state index contributed by atoms with van der Waals surface area (Å²) >= 11 is 1.86. The number of benzene rings is 8. The fourth-order valence-electron chi connectivity index (χ4n) is 7.93. The van der Waals surface area contributed by atoms with E-state index in [-0.39, 0.29) is 0 Å². The van der Waals surface area contributed by atoms with Crippen LogP contribution in [0.1, 0.15) is 0 Å². The van der Waals surface area contributed by atoms with Crippen molar-refractivity contribution in [3.8, 4) is 39.5 Å². The number of rotatable bonds is 4. The predicted octanol–water partition coefficient (Wildman–Crippen LogP) is 13.2. The van der Waals surface area contributed by atoms with Crippen molar-refractivity contribution in [2.75, 3.05) is 0 Å². The van der Waals surface area contributed by atoms with Gasteiger partial charge in [-0.3, -0.25) is 4.57 Å². The first-order valence-corrected chi connectivity index (χ1v) is 18.4. The molecule has 0 amide bonds. The average molecular weight is 680 g/mol. The second kappa shape index (κ2) is 11.5. The van der Waals surface area contributed by atoms with E-state index in [2.05, 4.69) is 168 Å². The van der Waals surface area contributed by atoms with Crippen molar-refractivity contribution in [3.63, 3.8) is 0 Å². The molecule has 0 unspecified atom stereocenters. The van der Waals surface area contributed by atoms with Gasteiger partial charge in [-0.05, 0) is 75.5 Å². The third-order valence-electron chi connectivity index (χ3n) is 10.4. The Labute approximate surface area is 303 Å². The second-order valence-corrected chi connectivity index (χ2v) is 14.5. The minimum atomic E-state index is 0.672. The number of aromatic nitrogens is 3. The van der Waals surface area contributed by atoms with Crippen molar-refractivity contribution in [3.05, 3.63) is 176 Å². The van der Waals surface area contributed by atoms with Gasteiger partial charge in [0.15, 0.2) is 0 Å². The van der Waals surface area contributed by atoms with Gasteiger partial charge >= 0.3 is 0 Å². The maximum atomic E-state index is 5.25. The molecule has 0 aliphatic carbocycles. The van der Waals surface area contributed by atoms with E-state index in [0.29, 0.717) is 5.95 Å². The molecule has 4 heteroatoms. The van der Waals surface area contributed by atoms with Gasteiger partial charge in [0.1, 0.15) is 0 Å². The molecule has 11 aromatic rings. The quantitative estimate of drug-likeness (QED) is 0.185. The van der Waals surface area contributed by atoms with Crippen LogP contribution >= 0.6 is 11.3 Å². The Morgan fingerprint density at radius 2 is 1.04 bits per heavy atom. The van der Waals surface area contributed by atoms with Gasteiger partial charge in [0.25, 0.3) is 0 Å². The molecule has 0 atom stereocenters. The summed E-state index contributed by atoms with van der Waals surface area (Å²) < 4.78 is 4.89. The normalized spacial score (nSPS) is 11.8. The molecule has 3 aromatic heterocycles. The summed E-state index contributed by atoms with van der Waals surface area (Å²) in [6, 6.07) is 63.2. The second-order valence-electron chi connectivity index (χ2n) is 13.4. The van der Waals surface area contributed by atoms with Crippen molar-refractivity contribution >= 4 is 75.0 Å². The molecule has 0 aliphatic rings. The van der Waals surface area contributed by atoms with Crippen LogP contribution in [0.15, 0.2) is 176 Å². The fraction of sp³-hybridized carbons (Fsp3) is 0. The van der Waals surface area contributed by atoms with Crippen LogP contribution in [-0.4, -0.2) is 14.5 Å². The molecule has 0 spiro atoms. The van der Waals surface area contributed by atoms with Crippen LogP contribution in [0, 0.1) is 0 Å². The minimum Gasteiger partial charge on any atom is -0.278 e. The highest BCUT2D eigenvalue weighted by Crippen LogP contribution is 2.40. The summed E-state index contributed by atoms with van der Waals surface area (Å²) in [6.45, 7) is 0. The zero-order chi connectivity index (χ0) is 34.2. The molecule has 0 fully saturated rings. The van der Waals surface area contributed by atoms with E-state index in [9.17, 15) is 0 Å². The first-order valence-electron chi connectivity index (χ1n) is 17.6. The van der Waals surface area contributed by atoms with E-state index >= 15 is 0 Å². The van der Waals surface area contributed by atoms with E-state index in [1.54, 1.807) is 0 Å². The zero-order valence-corrected chi connectivity index (χ0v) is 28.8. The molecule has 3 heterocycles. The first-order chi connectivity index (χ1) is 25.8. The monoisotopic (exact) mass is 679 g/mol. The lowest BCUT2D eigenvalue weighted by Crippen LogP contribution is -2.03. The summed E-state index contributed by atoms with van der Waals surface area (Å²) in [5, 5.41) is 8.52. The molecule has 11 rings (SSSR count). The third-order valence-corrected chi connectivity index (χ3v) is 11.6. The summed E-state index contributed by atoms with van der Waals surface area (Å²) in [5.41, 5.74) is 9.99. The number of hydrogen-bond donors (Lipinski definition) is 0. The Hall–Kier alpha value is -6.62. The van der Waals surface area contributed by atoms with Crippen molar-refractivity contribution in [2.24, 2.45) is 0 Å². The Morgan fingerprint density at radius 3 is 1.88 bits per heavy atom. The van der Waals surface area contributed by atoms with E-state index in [0.717, 1.165) is 33.2 Å². The highest BCUT2D eigenvalue weighted by atomic mass is 32.1. The molecule has 0 aliphatic heterocycles. The Balaban J connectivity index is 1.02. The van der Waals surface area contributed by atoms with Gasteiger partial charge in [-0.15, -0.1) is 11.3 Å². The van der Waals surface area contributed by atoms with E-state index in [1.807, 2.05) is 23.5 Å². The number of fused-ring (bicyclic) bond motifs is 9. The maximum absolute atomic E-state index is 5.25. The molecule has 0 radical (unpaired) electrons. The summed E-state index contributed by atoms with van der Waals surface area (Å²) in [5.74, 6) is 0.672. The number of para-hydroxylation sites is 2. The predicted molar refractivity (Wildman–Crippen MR) is 221 cm³/mol. The molecule has 0 N–H and O–H groups in total. The number of nitrogens with zero attached hydrogens (tertiary/aromatic N) is 3. The Morgan fingerprint density at radius 1 is 0.385 bits per heavy atom. The Bertz CT molecular complexity index is 3170. The minimum absolute atomic E-state index is 0.672. The topological polar surface area (TPSA) is 30.7 Å². The summed E-state index contributed by atoms with van der Waals surface area (Å²) in [4.78, 5) is 10.4. The van der Waals surface area contributed by atoms with Crippen LogP contribution in [0.4, 0.5) is 0 Å². The molecule has 3 nitrogen and oxygen atoms in total. The van der Waals surface area contributed by atoms with Crippen molar-refractivity contribution in [1.29, 1.82) is 0 Å². The van der Waals surface area contributed by atoms with Gasteiger partial charge in [-0.1, -0.05) is 133 Å². The highest BCUT2D eigenvalue weighted by molar-refractivity contribution is 7.25. The average Bonchev–Trinajstić information content (AvgIpc) is 3.76. The largest absolute Gasteiger partial charge is 0.278 e. The molecule has 52 heavy (non-hydrogen) atoms. The molecule has 0 saturated carbocycles. The van der Waals surface area contributed by atoms with Crippen LogP contribution in [0.2, 0.25) is 0 Å². The van der Waals surface area contributed by atoms with Crippen molar-refractivity contribution in [1.82, 2.24) is 14.5 Å². The molecular weight excluding hydrogens is 651 g/mol. The smallest absolute Gasteiger partial charge is 0.235 e. The fourth-order valence-corrected chi connectivity index (χ4v) is 9.02. The van der Waals surface area contributed by atoms with Crippen LogP contribution < -0.4 is 0 Å². The molecule has 8 aromatic carbocycles. The standard InChI is InChI=1S/C48H29N3S/c1-2-10-32(11-3-1)47-38-13-4-7-15-41(38)49-48(50-47)51-42-16-8-5-14-39(42)46-36-25-22-33(28-35(36)23-26-43(46)51)30-18-20-31(21-19-30)34-24-27-45-40(29-34)37-12-6-9-17-44(37)52-45/h1-29H. The van der Waals surface area contributed by atoms with Crippen LogP contribution in [0.5, 0.6) is 0 Å². The number of hydrogen-bond acceptors (Lipinski definition) is 3. The van der Waals surface area contributed by atoms with E-state index < -0.39 is 0 Å². The molecule has 242 valence electrons. The van der Waals surface area contributed by atoms with Gasteiger partial charge in [0, 0.05) is 41.9 Å². The molecule has 0 bridgehead atoms. The van der Waals surface area contributed by atoms with Gasteiger partial charge < -0.3 is 0 Å². The van der Waals surface area contributed by atoms with Crippen LogP contribution in [0.3, 0.4) is 0 Å². The SMILES string of the molecule is c1ccc(-c2nc(-n3c4ccccc4c4c5ccc(-c6ccc(-c7ccc8sc9ccccc9c8c7)cc6)cc5ccc43)nc3ccccc23)cc1. The molecule has 0 saturated heterocycles. The van der Waals surface area contributed by atoms with Gasteiger partial charge in [-0.2, -0.15) is 0 Å². The number of thiophene rings is 1. The maximum Gasteiger partial charge on any atom is 0.235 e. The summed E-state index contributed by atoms with van der Waals surface area (Å²) in [7, 11) is 0. The third kappa shape index (κ3) is 4.51.